The number of rotatable bonds is 5. The minimum atomic E-state index is -0.0479. The van der Waals surface area contributed by atoms with Crippen molar-refractivity contribution < 1.29 is 0 Å². The molecule has 0 saturated heterocycles. The van der Waals surface area contributed by atoms with Crippen LogP contribution in [0, 0.1) is 13.8 Å². The molecule has 7 heteroatoms. The quantitative estimate of drug-likeness (QED) is 0.702. The van der Waals surface area contributed by atoms with Gasteiger partial charge in [0, 0.05) is 30.4 Å². The zero-order valence-electron chi connectivity index (χ0n) is 12.0. The van der Waals surface area contributed by atoms with Crippen LogP contribution in [0.1, 0.15) is 16.3 Å². The van der Waals surface area contributed by atoms with Crippen molar-refractivity contribution in [3.8, 4) is 0 Å². The Morgan fingerprint density at radius 3 is 3.05 bits per heavy atom. The molecule has 0 aliphatic rings. The van der Waals surface area contributed by atoms with E-state index in [2.05, 4.69) is 20.3 Å². The lowest BCUT2D eigenvalue weighted by Crippen LogP contribution is -2.22. The Labute approximate surface area is 125 Å². The minimum absolute atomic E-state index is 0.0479. The zero-order chi connectivity index (χ0) is 14.8. The molecule has 0 unspecified atom stereocenters. The summed E-state index contributed by atoms with van der Waals surface area (Å²) in [6.45, 7) is 6.17. The fraction of sp³-hybridized carbons (Fsp3) is 0.357. The van der Waals surface area contributed by atoms with Gasteiger partial charge in [-0.15, -0.1) is 11.3 Å². The molecule has 0 amide bonds. The number of nitrogens with zero attached hydrogens (tertiary/aromatic N) is 3. The Morgan fingerprint density at radius 2 is 2.29 bits per heavy atom. The SMILES string of the molecule is Cc1sc2nc(CNCCn3ccnc3)[nH]c(=O)c2c1C. The van der Waals surface area contributed by atoms with E-state index < -0.39 is 0 Å². The Kier molecular flexibility index (Phi) is 3.85. The maximum Gasteiger partial charge on any atom is 0.259 e. The van der Waals surface area contributed by atoms with Crippen LogP contribution in [0.15, 0.2) is 23.5 Å². The molecule has 3 heterocycles. The first-order valence-corrected chi connectivity index (χ1v) is 7.62. The molecule has 0 aliphatic carbocycles. The van der Waals surface area contributed by atoms with E-state index in [9.17, 15) is 4.79 Å². The fourth-order valence-electron chi connectivity index (χ4n) is 2.22. The lowest BCUT2D eigenvalue weighted by atomic mass is 10.2. The zero-order valence-corrected chi connectivity index (χ0v) is 12.8. The Hall–Kier alpha value is -1.99. The Balaban J connectivity index is 1.68. The highest BCUT2D eigenvalue weighted by atomic mass is 32.1. The predicted molar refractivity (Wildman–Crippen MR) is 83.6 cm³/mol. The summed E-state index contributed by atoms with van der Waals surface area (Å²) in [4.78, 5) is 25.5. The summed E-state index contributed by atoms with van der Waals surface area (Å²) in [5.41, 5.74) is 0.983. The topological polar surface area (TPSA) is 75.6 Å². The van der Waals surface area contributed by atoms with Gasteiger partial charge in [0.15, 0.2) is 0 Å². The Morgan fingerprint density at radius 1 is 1.43 bits per heavy atom. The minimum Gasteiger partial charge on any atom is -0.336 e. The monoisotopic (exact) mass is 303 g/mol. The van der Waals surface area contributed by atoms with Crippen LogP contribution in [0.25, 0.3) is 10.2 Å². The van der Waals surface area contributed by atoms with Gasteiger partial charge in [-0.25, -0.2) is 9.97 Å². The van der Waals surface area contributed by atoms with Gasteiger partial charge in [-0.1, -0.05) is 0 Å². The molecule has 110 valence electrons. The first-order valence-electron chi connectivity index (χ1n) is 6.80. The van der Waals surface area contributed by atoms with Gasteiger partial charge in [0.05, 0.1) is 18.3 Å². The van der Waals surface area contributed by atoms with Crippen molar-refractivity contribution in [2.75, 3.05) is 6.54 Å². The van der Waals surface area contributed by atoms with Gasteiger partial charge >= 0.3 is 0 Å². The van der Waals surface area contributed by atoms with Crippen molar-refractivity contribution in [2.24, 2.45) is 0 Å². The average molecular weight is 303 g/mol. The number of imidazole rings is 1. The average Bonchev–Trinajstić information content (AvgIpc) is 3.04. The molecule has 0 bridgehead atoms. The van der Waals surface area contributed by atoms with Gasteiger partial charge in [-0.05, 0) is 19.4 Å². The maximum atomic E-state index is 12.1. The third kappa shape index (κ3) is 2.88. The number of H-pyrrole nitrogens is 1. The van der Waals surface area contributed by atoms with E-state index in [0.29, 0.717) is 12.4 Å². The van der Waals surface area contributed by atoms with Gasteiger partial charge in [0.1, 0.15) is 10.7 Å². The highest BCUT2D eigenvalue weighted by Gasteiger charge is 2.11. The van der Waals surface area contributed by atoms with E-state index in [1.54, 1.807) is 23.9 Å². The number of aromatic amines is 1. The number of hydrogen-bond acceptors (Lipinski definition) is 5. The number of aromatic nitrogens is 4. The second kappa shape index (κ2) is 5.79. The molecular weight excluding hydrogens is 286 g/mol. The summed E-state index contributed by atoms with van der Waals surface area (Å²) in [6.07, 6.45) is 5.46. The molecule has 0 spiro atoms. The number of thiophene rings is 1. The molecule has 21 heavy (non-hydrogen) atoms. The smallest absolute Gasteiger partial charge is 0.259 e. The van der Waals surface area contributed by atoms with Crippen LogP contribution >= 0.6 is 11.3 Å². The van der Waals surface area contributed by atoms with Crippen molar-refractivity contribution in [3.63, 3.8) is 0 Å². The molecule has 2 N–H and O–H groups in total. The van der Waals surface area contributed by atoms with Crippen LogP contribution < -0.4 is 10.9 Å². The van der Waals surface area contributed by atoms with Crippen LogP contribution in [-0.2, 0) is 13.1 Å². The largest absolute Gasteiger partial charge is 0.336 e. The second-order valence-corrected chi connectivity index (χ2v) is 6.16. The lowest BCUT2D eigenvalue weighted by molar-refractivity contribution is 0.585. The van der Waals surface area contributed by atoms with Gasteiger partial charge < -0.3 is 14.9 Å². The van der Waals surface area contributed by atoms with E-state index in [1.165, 1.54) is 0 Å². The van der Waals surface area contributed by atoms with Gasteiger partial charge in [-0.3, -0.25) is 4.79 Å². The van der Waals surface area contributed by atoms with Crippen LogP contribution in [0.2, 0.25) is 0 Å². The molecule has 0 aromatic carbocycles. The molecule has 3 aromatic heterocycles. The van der Waals surface area contributed by atoms with Gasteiger partial charge in [0.2, 0.25) is 0 Å². The summed E-state index contributed by atoms with van der Waals surface area (Å²) >= 11 is 1.57. The predicted octanol–water partition coefficient (Wildman–Crippen LogP) is 1.59. The first kappa shape index (κ1) is 14.0. The molecule has 0 radical (unpaired) electrons. The molecular formula is C14H17N5OS. The number of hydrogen-bond donors (Lipinski definition) is 2. The van der Waals surface area contributed by atoms with Crippen LogP contribution in [0.3, 0.4) is 0 Å². The van der Waals surface area contributed by atoms with Gasteiger partial charge in [0.25, 0.3) is 5.56 Å². The van der Waals surface area contributed by atoms with Crippen LogP contribution in [0.5, 0.6) is 0 Å². The van der Waals surface area contributed by atoms with E-state index in [4.69, 9.17) is 0 Å². The highest BCUT2D eigenvalue weighted by molar-refractivity contribution is 7.18. The summed E-state index contributed by atoms with van der Waals surface area (Å²) in [5, 5.41) is 4.00. The number of aryl methyl sites for hydroxylation is 2. The molecule has 0 saturated carbocycles. The normalized spacial score (nSPS) is 11.3. The molecule has 0 aliphatic heterocycles. The van der Waals surface area contributed by atoms with Crippen molar-refractivity contribution in [1.29, 1.82) is 0 Å². The van der Waals surface area contributed by atoms with Crippen molar-refractivity contribution in [2.45, 2.75) is 26.9 Å². The standard InChI is InChI=1S/C14H17N5OS/c1-9-10(2)21-14-12(9)13(20)17-11(18-14)7-15-3-5-19-6-4-16-8-19/h4,6,8,15H,3,5,7H2,1-2H3,(H,17,18,20). The third-order valence-electron chi connectivity index (χ3n) is 3.49. The Bertz CT molecular complexity index is 803. The first-order chi connectivity index (χ1) is 10.1. The number of fused-ring (bicyclic) bond motifs is 1. The highest BCUT2D eigenvalue weighted by Crippen LogP contribution is 2.25. The molecule has 6 nitrogen and oxygen atoms in total. The summed E-state index contributed by atoms with van der Waals surface area (Å²) in [6, 6.07) is 0. The van der Waals surface area contributed by atoms with Crippen molar-refractivity contribution in [3.05, 3.63) is 45.3 Å². The molecule has 0 atom stereocenters. The van der Waals surface area contributed by atoms with Crippen molar-refractivity contribution >= 4 is 21.6 Å². The lowest BCUT2D eigenvalue weighted by Gasteiger charge is -2.05. The summed E-state index contributed by atoms with van der Waals surface area (Å²) in [5.74, 6) is 0.680. The fourth-order valence-corrected chi connectivity index (χ4v) is 3.27. The molecule has 3 aromatic rings. The van der Waals surface area contributed by atoms with E-state index in [-0.39, 0.29) is 5.56 Å². The van der Waals surface area contributed by atoms with Crippen LogP contribution in [-0.4, -0.2) is 26.1 Å². The van der Waals surface area contributed by atoms with Crippen LogP contribution in [0.4, 0.5) is 0 Å². The summed E-state index contributed by atoms with van der Waals surface area (Å²) in [7, 11) is 0. The van der Waals surface area contributed by atoms with Gasteiger partial charge in [-0.2, -0.15) is 0 Å². The second-order valence-electron chi connectivity index (χ2n) is 4.95. The molecule has 0 fully saturated rings. The van der Waals surface area contributed by atoms with E-state index in [1.807, 2.05) is 24.6 Å². The van der Waals surface area contributed by atoms with Crippen molar-refractivity contribution in [1.82, 2.24) is 24.8 Å². The summed E-state index contributed by atoms with van der Waals surface area (Å²) < 4.78 is 2.00. The third-order valence-corrected chi connectivity index (χ3v) is 4.59. The number of nitrogens with one attached hydrogen (secondary N) is 2. The maximum absolute atomic E-state index is 12.1. The van der Waals surface area contributed by atoms with E-state index in [0.717, 1.165) is 33.7 Å². The van der Waals surface area contributed by atoms with E-state index >= 15 is 0 Å². The molecule has 3 rings (SSSR count).